The maximum atomic E-state index is 13.3. The fraction of sp³-hybridized carbons (Fsp3) is 0.765. The van der Waals surface area contributed by atoms with Crippen molar-refractivity contribution < 1.29 is 27.7 Å². The zero-order valence-electron chi connectivity index (χ0n) is 17.7. The first-order valence-corrected chi connectivity index (χ1v) is 11.0. The van der Waals surface area contributed by atoms with Crippen molar-refractivity contribution in [1.82, 2.24) is 29.1 Å². The number of hydrogen-bond acceptors (Lipinski definition) is 8. The number of amides is 1. The molecule has 1 aromatic rings. The normalized spacial score (nSPS) is 25.2. The molecule has 0 unspecified atom stereocenters. The molecule has 2 fully saturated rings. The summed E-state index contributed by atoms with van der Waals surface area (Å²) in [5.41, 5.74) is 0.477. The molecule has 30 heavy (non-hydrogen) atoms. The average Bonchev–Trinajstić information content (AvgIpc) is 3.10. The van der Waals surface area contributed by atoms with Crippen molar-refractivity contribution >= 4 is 22.6 Å². The number of hydrogen-bond donors (Lipinski definition) is 2. The minimum atomic E-state index is -3.61. The molecular weight excluding hydrogens is 416 g/mol. The fourth-order valence-electron chi connectivity index (χ4n) is 4.10. The number of aryl methyl sites for hydroxylation is 1. The molecule has 2 saturated heterocycles. The van der Waals surface area contributed by atoms with Gasteiger partial charge in [-0.15, -0.1) is 0 Å². The predicted octanol–water partition coefficient (Wildman–Crippen LogP) is -0.712. The van der Waals surface area contributed by atoms with Gasteiger partial charge in [0.25, 0.3) is 16.7 Å². The van der Waals surface area contributed by atoms with Crippen LogP contribution in [0.25, 0.3) is 0 Å². The lowest BCUT2D eigenvalue weighted by Gasteiger charge is -2.52. The highest BCUT2D eigenvalue weighted by Crippen LogP contribution is 2.43. The molecular formula is C17H30N6O6S. The summed E-state index contributed by atoms with van der Waals surface area (Å²) in [5, 5.41) is 17.4. The first-order chi connectivity index (χ1) is 14.1. The van der Waals surface area contributed by atoms with Crippen molar-refractivity contribution in [1.29, 1.82) is 0 Å². The molecule has 0 spiro atoms. The molecule has 0 aliphatic carbocycles. The van der Waals surface area contributed by atoms with Crippen LogP contribution >= 0.6 is 0 Å². The van der Waals surface area contributed by atoms with Gasteiger partial charge < -0.3 is 15.3 Å². The van der Waals surface area contributed by atoms with E-state index in [1.165, 1.54) is 22.7 Å². The van der Waals surface area contributed by atoms with Crippen LogP contribution in [0.3, 0.4) is 0 Å². The van der Waals surface area contributed by atoms with E-state index in [4.69, 9.17) is 9.90 Å². The van der Waals surface area contributed by atoms with Crippen molar-refractivity contribution in [3.63, 3.8) is 0 Å². The molecule has 2 atom stereocenters. The van der Waals surface area contributed by atoms with Gasteiger partial charge in [0.15, 0.2) is 0 Å². The standard InChI is InChI=1S/C16H28N6O4S.CH2O2/c1-12-13(19-26-18-12)10-17-15(23)16-6-5-8-22(27(24,25)20(2)3)14(16)11-21(4)9-7-16;2-1-3/h14H,5-11H2,1-4H3,(H,17,23);1H,(H,2,3)/t14-,16+;/m0./s1. The Labute approximate surface area is 176 Å². The zero-order valence-corrected chi connectivity index (χ0v) is 18.6. The van der Waals surface area contributed by atoms with Crippen LogP contribution in [0.5, 0.6) is 0 Å². The molecule has 0 radical (unpaired) electrons. The van der Waals surface area contributed by atoms with Crippen molar-refractivity contribution in [2.24, 2.45) is 5.41 Å². The van der Waals surface area contributed by atoms with Gasteiger partial charge in [-0.2, -0.15) is 17.0 Å². The van der Waals surface area contributed by atoms with E-state index in [0.29, 0.717) is 43.7 Å². The minimum absolute atomic E-state index is 0.123. The predicted molar refractivity (Wildman–Crippen MR) is 106 cm³/mol. The molecule has 3 heterocycles. The first-order valence-electron chi connectivity index (χ1n) is 9.62. The lowest BCUT2D eigenvalue weighted by atomic mass is 9.68. The summed E-state index contributed by atoms with van der Waals surface area (Å²) in [6.07, 6.45) is 1.95. The summed E-state index contributed by atoms with van der Waals surface area (Å²) in [6.45, 7) is 3.45. The van der Waals surface area contributed by atoms with E-state index in [1.807, 2.05) is 7.05 Å². The zero-order chi connectivity index (χ0) is 22.5. The quantitative estimate of drug-likeness (QED) is 0.559. The highest BCUT2D eigenvalue weighted by Gasteiger charge is 2.55. The van der Waals surface area contributed by atoms with Gasteiger partial charge in [-0.1, -0.05) is 10.3 Å². The Kier molecular flexibility index (Phi) is 7.91. The second-order valence-corrected chi connectivity index (χ2v) is 9.87. The molecule has 1 amide bonds. The van der Waals surface area contributed by atoms with Crippen LogP contribution in [0.1, 0.15) is 30.7 Å². The lowest BCUT2D eigenvalue weighted by molar-refractivity contribution is -0.141. The van der Waals surface area contributed by atoms with Gasteiger partial charge in [0, 0.05) is 27.2 Å². The van der Waals surface area contributed by atoms with Crippen LogP contribution in [0.15, 0.2) is 4.63 Å². The van der Waals surface area contributed by atoms with E-state index in [1.54, 1.807) is 6.92 Å². The third-order valence-corrected chi connectivity index (χ3v) is 7.74. The number of rotatable bonds is 5. The van der Waals surface area contributed by atoms with E-state index in [9.17, 15) is 13.2 Å². The Balaban J connectivity index is 0.00000101. The Hall–Kier alpha value is -2.09. The summed E-state index contributed by atoms with van der Waals surface area (Å²) >= 11 is 0. The molecule has 1 aromatic heterocycles. The molecule has 0 saturated carbocycles. The summed E-state index contributed by atoms with van der Waals surface area (Å²) in [7, 11) is 1.40. The van der Waals surface area contributed by atoms with Crippen LogP contribution in [0.2, 0.25) is 0 Å². The van der Waals surface area contributed by atoms with Gasteiger partial charge in [0.05, 0.1) is 18.0 Å². The topological polar surface area (TPSA) is 149 Å². The molecule has 0 aromatic carbocycles. The van der Waals surface area contributed by atoms with Gasteiger partial charge in [-0.3, -0.25) is 9.59 Å². The minimum Gasteiger partial charge on any atom is -0.483 e. The van der Waals surface area contributed by atoms with Crippen LogP contribution < -0.4 is 5.32 Å². The van der Waals surface area contributed by atoms with E-state index in [-0.39, 0.29) is 18.9 Å². The molecule has 0 bridgehead atoms. The summed E-state index contributed by atoms with van der Waals surface area (Å²) < 4.78 is 33.2. The van der Waals surface area contributed by atoms with Gasteiger partial charge in [-0.05, 0) is 39.8 Å². The van der Waals surface area contributed by atoms with E-state index < -0.39 is 21.7 Å². The maximum absolute atomic E-state index is 13.3. The molecule has 13 heteroatoms. The summed E-state index contributed by atoms with van der Waals surface area (Å²) in [4.78, 5) is 23.7. The highest BCUT2D eigenvalue weighted by atomic mass is 32.2. The number of nitrogens with zero attached hydrogens (tertiary/aromatic N) is 5. The number of nitrogens with one attached hydrogen (secondary N) is 1. The van der Waals surface area contributed by atoms with Gasteiger partial charge in [0.1, 0.15) is 11.4 Å². The second kappa shape index (κ2) is 9.81. The first kappa shape index (κ1) is 24.2. The maximum Gasteiger partial charge on any atom is 0.290 e. The number of likely N-dealkylation sites (N-methyl/N-ethyl adjacent to an activating group) is 1. The van der Waals surface area contributed by atoms with E-state index in [0.717, 1.165) is 6.54 Å². The van der Waals surface area contributed by atoms with Crippen molar-refractivity contribution in [3.05, 3.63) is 11.4 Å². The third-order valence-electron chi connectivity index (χ3n) is 5.78. The Morgan fingerprint density at radius 1 is 1.37 bits per heavy atom. The summed E-state index contributed by atoms with van der Waals surface area (Å²) in [6, 6.07) is -0.395. The smallest absolute Gasteiger partial charge is 0.290 e. The van der Waals surface area contributed by atoms with Gasteiger partial charge in [0.2, 0.25) is 5.91 Å². The molecule has 170 valence electrons. The van der Waals surface area contributed by atoms with Crippen LogP contribution in [0.4, 0.5) is 0 Å². The Bertz CT molecular complexity index is 844. The Morgan fingerprint density at radius 3 is 2.60 bits per heavy atom. The average molecular weight is 447 g/mol. The molecule has 3 rings (SSSR count). The number of aromatic nitrogens is 2. The van der Waals surface area contributed by atoms with Crippen LogP contribution in [-0.2, 0) is 26.3 Å². The van der Waals surface area contributed by atoms with Crippen LogP contribution in [0, 0.1) is 12.3 Å². The largest absolute Gasteiger partial charge is 0.483 e. The number of carbonyl (C=O) groups excluding carboxylic acids is 1. The molecule has 2 aliphatic rings. The van der Waals surface area contributed by atoms with Crippen molar-refractivity contribution in [2.45, 2.75) is 38.8 Å². The van der Waals surface area contributed by atoms with E-state index >= 15 is 0 Å². The van der Waals surface area contributed by atoms with Crippen molar-refractivity contribution in [3.8, 4) is 0 Å². The van der Waals surface area contributed by atoms with Crippen LogP contribution in [-0.4, -0.2) is 96.5 Å². The molecule has 2 aliphatic heterocycles. The fourth-order valence-corrected chi connectivity index (χ4v) is 5.47. The molecule has 12 nitrogen and oxygen atoms in total. The lowest BCUT2D eigenvalue weighted by Crippen LogP contribution is -2.67. The number of fused-ring (bicyclic) bond motifs is 1. The van der Waals surface area contributed by atoms with Crippen molar-refractivity contribution in [2.75, 3.05) is 40.8 Å². The number of piperidine rings is 2. The second-order valence-electron chi connectivity index (χ2n) is 7.77. The monoisotopic (exact) mass is 446 g/mol. The van der Waals surface area contributed by atoms with E-state index in [2.05, 4.69) is 25.2 Å². The highest BCUT2D eigenvalue weighted by molar-refractivity contribution is 7.86. The number of carbonyl (C=O) groups is 2. The SMILES string of the molecule is Cc1nonc1CNC(=O)[C@@]12CCCN(S(=O)(=O)N(C)C)[C@H]1CN(C)CC2.O=CO. The summed E-state index contributed by atoms with van der Waals surface area (Å²) in [5.74, 6) is -0.123. The van der Waals surface area contributed by atoms with Gasteiger partial charge in [-0.25, -0.2) is 4.63 Å². The number of carboxylic acid groups (broad SMARTS) is 1. The Morgan fingerprint density at radius 2 is 2.03 bits per heavy atom. The van der Waals surface area contributed by atoms with Gasteiger partial charge >= 0.3 is 0 Å². The number of likely N-dealkylation sites (tertiary alicyclic amines) is 1. The third kappa shape index (κ3) is 4.79. The molecule has 2 N–H and O–H groups in total.